The van der Waals surface area contributed by atoms with E-state index in [0.29, 0.717) is 24.3 Å². The van der Waals surface area contributed by atoms with Crippen LogP contribution >= 0.6 is 0 Å². The Morgan fingerprint density at radius 3 is 2.48 bits per heavy atom. The van der Waals surface area contributed by atoms with Crippen molar-refractivity contribution in [3.63, 3.8) is 0 Å². The van der Waals surface area contributed by atoms with Crippen LogP contribution in [0.3, 0.4) is 0 Å². The van der Waals surface area contributed by atoms with Crippen LogP contribution in [0.15, 0.2) is 14.6 Å². The van der Waals surface area contributed by atoms with E-state index < -0.39 is 0 Å². The standard InChI is InChI=1S/C19H29N7O3/c1-22-16-15(17(27)23(2)19(22)28)26(18(21-16)25-7-4-3-5-8-25)9-6-20-14-24-10-12-29-13-11-24/h14H,3-13H2,1-2H3. The molecule has 0 atom stereocenters. The summed E-state index contributed by atoms with van der Waals surface area (Å²) in [7, 11) is 3.18. The molecule has 2 aliphatic rings. The highest BCUT2D eigenvalue weighted by atomic mass is 16.5. The third kappa shape index (κ3) is 3.81. The van der Waals surface area contributed by atoms with Gasteiger partial charge in [0.1, 0.15) is 0 Å². The molecule has 2 fully saturated rings. The quantitative estimate of drug-likeness (QED) is 0.507. The molecule has 2 aromatic heterocycles. The summed E-state index contributed by atoms with van der Waals surface area (Å²) in [5.74, 6) is 0.763. The van der Waals surface area contributed by atoms with Crippen molar-refractivity contribution >= 4 is 23.5 Å². The number of nitrogens with zero attached hydrogens (tertiary/aromatic N) is 7. The van der Waals surface area contributed by atoms with Crippen molar-refractivity contribution in [3.8, 4) is 0 Å². The van der Waals surface area contributed by atoms with Crippen molar-refractivity contribution in [1.29, 1.82) is 0 Å². The molecule has 0 aliphatic carbocycles. The van der Waals surface area contributed by atoms with Crippen molar-refractivity contribution in [1.82, 2.24) is 23.6 Å². The fraction of sp³-hybridized carbons (Fsp3) is 0.684. The van der Waals surface area contributed by atoms with Gasteiger partial charge in [0, 0.05) is 46.8 Å². The highest BCUT2D eigenvalue weighted by Crippen LogP contribution is 2.22. The minimum absolute atomic E-state index is 0.309. The lowest BCUT2D eigenvalue weighted by atomic mass is 10.1. The van der Waals surface area contributed by atoms with Crippen LogP contribution in [-0.4, -0.2) is 75.9 Å². The third-order valence-electron chi connectivity index (χ3n) is 5.71. The summed E-state index contributed by atoms with van der Waals surface area (Å²) < 4.78 is 9.90. The Morgan fingerprint density at radius 1 is 1.03 bits per heavy atom. The first kappa shape index (κ1) is 19.7. The molecule has 0 radical (unpaired) electrons. The van der Waals surface area contributed by atoms with Gasteiger partial charge in [-0.05, 0) is 19.3 Å². The van der Waals surface area contributed by atoms with Crippen molar-refractivity contribution in [3.05, 3.63) is 20.8 Å². The van der Waals surface area contributed by atoms with Gasteiger partial charge in [-0.2, -0.15) is 4.98 Å². The number of anilines is 1. The number of rotatable bonds is 5. The first-order valence-electron chi connectivity index (χ1n) is 10.3. The number of morpholine rings is 1. The number of aryl methyl sites for hydroxylation is 1. The Morgan fingerprint density at radius 2 is 1.76 bits per heavy atom. The number of aliphatic imine (C=N–C) groups is 1. The number of imidazole rings is 1. The van der Waals surface area contributed by atoms with Gasteiger partial charge in [0.15, 0.2) is 11.2 Å². The Labute approximate surface area is 169 Å². The molecule has 2 aliphatic heterocycles. The Kier molecular flexibility index (Phi) is 5.70. The van der Waals surface area contributed by atoms with Gasteiger partial charge in [-0.15, -0.1) is 0 Å². The van der Waals surface area contributed by atoms with E-state index in [9.17, 15) is 9.59 Å². The van der Waals surface area contributed by atoms with Crippen LogP contribution in [0.2, 0.25) is 0 Å². The van der Waals surface area contributed by atoms with Gasteiger partial charge in [-0.25, -0.2) is 4.79 Å². The van der Waals surface area contributed by atoms with Crippen molar-refractivity contribution in [2.45, 2.75) is 25.8 Å². The smallest absolute Gasteiger partial charge is 0.332 e. The highest BCUT2D eigenvalue weighted by Gasteiger charge is 2.23. The average Bonchev–Trinajstić information content (AvgIpc) is 3.15. The van der Waals surface area contributed by atoms with Gasteiger partial charge >= 0.3 is 5.69 Å². The minimum Gasteiger partial charge on any atom is -0.378 e. The maximum absolute atomic E-state index is 12.9. The maximum Gasteiger partial charge on any atom is 0.332 e. The van der Waals surface area contributed by atoms with E-state index in [0.717, 1.165) is 62.7 Å². The zero-order valence-corrected chi connectivity index (χ0v) is 17.2. The lowest BCUT2D eigenvalue weighted by molar-refractivity contribution is 0.0700. The summed E-state index contributed by atoms with van der Waals surface area (Å²) in [5.41, 5.74) is 0.242. The zero-order valence-electron chi connectivity index (χ0n) is 17.2. The Bertz CT molecular complexity index is 1010. The Balaban J connectivity index is 1.68. The van der Waals surface area contributed by atoms with Crippen LogP contribution < -0.4 is 16.1 Å². The van der Waals surface area contributed by atoms with Crippen LogP contribution in [0.4, 0.5) is 5.95 Å². The van der Waals surface area contributed by atoms with Crippen LogP contribution in [-0.2, 0) is 25.4 Å². The van der Waals surface area contributed by atoms with Crippen molar-refractivity contribution < 1.29 is 4.74 Å². The van der Waals surface area contributed by atoms with Gasteiger partial charge in [0.2, 0.25) is 5.95 Å². The molecule has 29 heavy (non-hydrogen) atoms. The third-order valence-corrected chi connectivity index (χ3v) is 5.71. The number of hydrogen-bond donors (Lipinski definition) is 0. The molecule has 0 N–H and O–H groups in total. The molecule has 2 saturated heterocycles. The van der Waals surface area contributed by atoms with Gasteiger partial charge in [0.05, 0.1) is 26.1 Å². The van der Waals surface area contributed by atoms with Gasteiger partial charge < -0.3 is 19.1 Å². The lowest BCUT2D eigenvalue weighted by Gasteiger charge is -2.28. The molecule has 0 bridgehead atoms. The van der Waals surface area contributed by atoms with Crippen LogP contribution in [0.1, 0.15) is 19.3 Å². The van der Waals surface area contributed by atoms with Gasteiger partial charge in [0.25, 0.3) is 5.56 Å². The summed E-state index contributed by atoms with van der Waals surface area (Å²) in [6, 6.07) is 0. The summed E-state index contributed by atoms with van der Waals surface area (Å²) in [4.78, 5) is 38.9. The van der Waals surface area contributed by atoms with Crippen molar-refractivity contribution in [2.75, 3.05) is 50.8 Å². The second kappa shape index (κ2) is 8.40. The number of hydrogen-bond acceptors (Lipinski definition) is 6. The largest absolute Gasteiger partial charge is 0.378 e. The topological polar surface area (TPSA) is 89.9 Å². The summed E-state index contributed by atoms with van der Waals surface area (Å²) >= 11 is 0. The zero-order chi connectivity index (χ0) is 20.4. The minimum atomic E-state index is -0.359. The maximum atomic E-state index is 12.9. The molecule has 0 amide bonds. The molecular weight excluding hydrogens is 374 g/mol. The predicted octanol–water partition coefficient (Wildman–Crippen LogP) is -0.215. The Hall–Kier alpha value is -2.62. The molecule has 4 rings (SSSR count). The van der Waals surface area contributed by atoms with E-state index in [-0.39, 0.29) is 11.2 Å². The molecule has 0 saturated carbocycles. The molecule has 4 heterocycles. The molecule has 10 heteroatoms. The summed E-state index contributed by atoms with van der Waals surface area (Å²) in [6.45, 7) is 6.04. The lowest BCUT2D eigenvalue weighted by Crippen LogP contribution is -2.37. The molecule has 0 unspecified atom stereocenters. The number of ether oxygens (including phenoxy) is 1. The monoisotopic (exact) mass is 403 g/mol. The van der Waals surface area contributed by atoms with E-state index >= 15 is 0 Å². The van der Waals surface area contributed by atoms with E-state index in [1.54, 1.807) is 7.05 Å². The van der Waals surface area contributed by atoms with E-state index in [4.69, 9.17) is 9.72 Å². The normalized spacial score (nSPS) is 18.3. The van der Waals surface area contributed by atoms with Gasteiger partial charge in [-0.1, -0.05) is 0 Å². The molecule has 158 valence electrons. The number of aromatic nitrogens is 4. The van der Waals surface area contributed by atoms with E-state index in [1.165, 1.54) is 18.0 Å². The second-order valence-electron chi connectivity index (χ2n) is 7.66. The molecule has 0 aromatic carbocycles. The molecular formula is C19H29N7O3. The predicted molar refractivity (Wildman–Crippen MR) is 112 cm³/mol. The number of piperidine rings is 1. The fourth-order valence-electron chi connectivity index (χ4n) is 4.01. The van der Waals surface area contributed by atoms with E-state index in [2.05, 4.69) is 14.8 Å². The van der Waals surface area contributed by atoms with Crippen LogP contribution in [0.5, 0.6) is 0 Å². The van der Waals surface area contributed by atoms with Gasteiger partial charge in [-0.3, -0.25) is 18.9 Å². The SMILES string of the molecule is Cn1c(=O)c2c(nc(N3CCCCC3)n2CCN=CN2CCOCC2)n(C)c1=O. The molecule has 2 aromatic rings. The number of fused-ring (bicyclic) bond motifs is 1. The van der Waals surface area contributed by atoms with E-state index in [1.807, 2.05) is 10.9 Å². The summed E-state index contributed by atoms with van der Waals surface area (Å²) in [5, 5.41) is 0. The fourth-order valence-corrected chi connectivity index (χ4v) is 4.01. The second-order valence-corrected chi connectivity index (χ2v) is 7.66. The first-order valence-corrected chi connectivity index (χ1v) is 10.3. The average molecular weight is 403 g/mol. The first-order chi connectivity index (χ1) is 14.1. The summed E-state index contributed by atoms with van der Waals surface area (Å²) in [6.07, 6.45) is 5.29. The van der Waals surface area contributed by atoms with Crippen LogP contribution in [0, 0.1) is 0 Å². The van der Waals surface area contributed by atoms with Crippen LogP contribution in [0.25, 0.3) is 11.2 Å². The molecule has 10 nitrogen and oxygen atoms in total. The highest BCUT2D eigenvalue weighted by molar-refractivity contribution is 5.74. The van der Waals surface area contributed by atoms with Crippen molar-refractivity contribution in [2.24, 2.45) is 19.1 Å². The molecule has 0 spiro atoms.